The molecule has 0 saturated heterocycles. The first-order chi connectivity index (χ1) is 7.65. The van der Waals surface area contributed by atoms with Crippen LogP contribution in [0.25, 0.3) is 0 Å². The van der Waals surface area contributed by atoms with E-state index in [1.165, 1.54) is 14.0 Å². The van der Waals surface area contributed by atoms with Gasteiger partial charge in [0.05, 0.1) is 12.8 Å². The highest BCUT2D eigenvalue weighted by Crippen LogP contribution is 2.11. The fourth-order valence-electron chi connectivity index (χ4n) is 1.03. The first-order valence-electron chi connectivity index (χ1n) is 4.69. The number of rotatable bonds is 4. The van der Waals surface area contributed by atoms with Gasteiger partial charge in [0.25, 0.3) is 0 Å². The summed E-state index contributed by atoms with van der Waals surface area (Å²) in [4.78, 5) is 22.3. The number of carbonyl (C=O) groups is 2. The zero-order valence-electron chi connectivity index (χ0n) is 9.08. The molecule has 0 radical (unpaired) electrons. The van der Waals surface area contributed by atoms with Gasteiger partial charge in [-0.1, -0.05) is 18.2 Å². The molecule has 0 amide bonds. The fraction of sp³-hybridized carbons (Fsp3) is 0.273. The molecule has 0 aromatic heterocycles. The summed E-state index contributed by atoms with van der Waals surface area (Å²) in [5.74, 6) is -1.10. The monoisotopic (exact) mass is 220 g/mol. The molecule has 1 aromatic rings. The van der Waals surface area contributed by atoms with Gasteiger partial charge in [-0.15, -0.1) is 0 Å². The van der Waals surface area contributed by atoms with Crippen LogP contribution < -0.4 is 0 Å². The van der Waals surface area contributed by atoms with E-state index in [2.05, 4.69) is 15.0 Å². The molecule has 0 aliphatic heterocycles. The van der Waals surface area contributed by atoms with Gasteiger partial charge in [0.15, 0.2) is 5.78 Å². The second-order valence-electron chi connectivity index (χ2n) is 3.09. The molecule has 1 rings (SSSR count). The highest BCUT2D eigenvalue weighted by molar-refractivity contribution is 6.01. The van der Waals surface area contributed by atoms with Gasteiger partial charge in [-0.05, 0) is 19.1 Å². The number of benzene rings is 1. The number of methoxy groups -OCH3 is 1. The predicted octanol–water partition coefficient (Wildman–Crippen LogP) is 1.90. The lowest BCUT2D eigenvalue weighted by Crippen LogP contribution is -2.26. The smallest absolute Gasteiger partial charge is 0.340 e. The molecule has 16 heavy (non-hydrogen) atoms. The van der Waals surface area contributed by atoms with Crippen LogP contribution in [-0.4, -0.2) is 24.9 Å². The lowest BCUT2D eigenvalue weighted by atomic mass is 10.2. The summed E-state index contributed by atoms with van der Waals surface area (Å²) >= 11 is 0. The van der Waals surface area contributed by atoms with Crippen molar-refractivity contribution in [1.29, 1.82) is 0 Å². The highest BCUT2D eigenvalue weighted by Gasteiger charge is 2.23. The van der Waals surface area contributed by atoms with Crippen molar-refractivity contribution >= 4 is 17.4 Å². The molecule has 0 fully saturated rings. The Morgan fingerprint density at radius 3 is 2.38 bits per heavy atom. The van der Waals surface area contributed by atoms with Crippen molar-refractivity contribution in [2.45, 2.75) is 13.0 Å². The van der Waals surface area contributed by atoms with Crippen molar-refractivity contribution in [3.63, 3.8) is 0 Å². The highest BCUT2D eigenvalue weighted by atomic mass is 16.5. The van der Waals surface area contributed by atoms with Crippen LogP contribution in [0.3, 0.4) is 0 Å². The van der Waals surface area contributed by atoms with Crippen molar-refractivity contribution in [3.8, 4) is 0 Å². The third-order valence-corrected chi connectivity index (χ3v) is 1.85. The molecule has 0 aliphatic carbocycles. The number of carbonyl (C=O) groups excluding carboxylic acids is 2. The maximum absolute atomic E-state index is 11.2. The second-order valence-corrected chi connectivity index (χ2v) is 3.09. The average molecular weight is 220 g/mol. The number of nitrogens with zero attached hydrogens (tertiary/aromatic N) is 2. The Kier molecular flexibility index (Phi) is 4.32. The second kappa shape index (κ2) is 5.75. The Bertz CT molecular complexity index is 401. The van der Waals surface area contributed by atoms with Crippen molar-refractivity contribution in [2.24, 2.45) is 10.2 Å². The number of azo groups is 1. The lowest BCUT2D eigenvalue weighted by molar-refractivity contribution is -0.144. The summed E-state index contributed by atoms with van der Waals surface area (Å²) in [6.07, 6.45) is 0. The summed E-state index contributed by atoms with van der Waals surface area (Å²) in [6, 6.07) is 7.67. The van der Waals surface area contributed by atoms with Gasteiger partial charge in [-0.3, -0.25) is 4.79 Å². The minimum absolute atomic E-state index is 0.397. The molecule has 5 nitrogen and oxygen atoms in total. The van der Waals surface area contributed by atoms with E-state index in [-0.39, 0.29) is 0 Å². The number of ether oxygens (including phenoxy) is 1. The van der Waals surface area contributed by atoms with E-state index in [1.807, 2.05) is 6.07 Å². The molecule has 0 spiro atoms. The van der Waals surface area contributed by atoms with Crippen LogP contribution in [-0.2, 0) is 14.3 Å². The van der Waals surface area contributed by atoms with E-state index in [0.717, 1.165) is 0 Å². The largest absolute Gasteiger partial charge is 0.467 e. The van der Waals surface area contributed by atoms with E-state index in [4.69, 9.17) is 0 Å². The van der Waals surface area contributed by atoms with Crippen LogP contribution in [0.4, 0.5) is 5.69 Å². The van der Waals surface area contributed by atoms with Crippen LogP contribution in [0.2, 0.25) is 0 Å². The van der Waals surface area contributed by atoms with Gasteiger partial charge in [0, 0.05) is 0 Å². The minimum atomic E-state index is -1.18. The standard InChI is InChI=1S/C11H12N2O3/c1-8(14)10(11(15)16-2)13-12-9-6-4-3-5-7-9/h3-7,10H,1-2H3/t10-/m1/s1. The van der Waals surface area contributed by atoms with Gasteiger partial charge in [-0.25, -0.2) is 4.79 Å². The Balaban J connectivity index is 2.80. The Morgan fingerprint density at radius 1 is 1.25 bits per heavy atom. The van der Waals surface area contributed by atoms with Gasteiger partial charge < -0.3 is 4.74 Å². The third kappa shape index (κ3) is 3.27. The topological polar surface area (TPSA) is 68.1 Å². The summed E-state index contributed by atoms with van der Waals surface area (Å²) in [5.41, 5.74) is 0.581. The predicted molar refractivity (Wildman–Crippen MR) is 57.4 cm³/mol. The molecule has 1 aromatic carbocycles. The van der Waals surface area contributed by atoms with Crippen LogP contribution >= 0.6 is 0 Å². The Labute approximate surface area is 93.1 Å². The van der Waals surface area contributed by atoms with Crippen molar-refractivity contribution in [1.82, 2.24) is 0 Å². The Hall–Kier alpha value is -2.04. The first-order valence-corrected chi connectivity index (χ1v) is 4.69. The van der Waals surface area contributed by atoms with Crippen molar-refractivity contribution in [3.05, 3.63) is 30.3 Å². The molecule has 0 unspecified atom stereocenters. The average Bonchev–Trinajstić information content (AvgIpc) is 2.30. The molecular weight excluding hydrogens is 208 g/mol. The summed E-state index contributed by atoms with van der Waals surface area (Å²) in [6.45, 7) is 1.27. The van der Waals surface area contributed by atoms with E-state index >= 15 is 0 Å². The first kappa shape index (κ1) is 12.0. The third-order valence-electron chi connectivity index (χ3n) is 1.85. The summed E-state index contributed by atoms with van der Waals surface area (Å²) < 4.78 is 4.45. The zero-order chi connectivity index (χ0) is 12.0. The normalized spacial score (nSPS) is 12.4. The SMILES string of the molecule is COC(=O)[C@H](N=Nc1ccccc1)C(C)=O. The van der Waals surface area contributed by atoms with Crippen LogP contribution in [0.5, 0.6) is 0 Å². The number of hydrogen-bond donors (Lipinski definition) is 0. The molecular formula is C11H12N2O3. The van der Waals surface area contributed by atoms with E-state index < -0.39 is 17.8 Å². The number of ketones is 1. The number of esters is 1. The minimum Gasteiger partial charge on any atom is -0.467 e. The van der Waals surface area contributed by atoms with E-state index in [0.29, 0.717) is 5.69 Å². The van der Waals surface area contributed by atoms with Crippen molar-refractivity contribution < 1.29 is 14.3 Å². The molecule has 0 saturated carbocycles. The van der Waals surface area contributed by atoms with Crippen LogP contribution in [0.15, 0.2) is 40.6 Å². The van der Waals surface area contributed by atoms with Crippen LogP contribution in [0, 0.1) is 0 Å². The number of hydrogen-bond acceptors (Lipinski definition) is 5. The zero-order valence-corrected chi connectivity index (χ0v) is 9.08. The molecule has 84 valence electrons. The molecule has 0 heterocycles. The lowest BCUT2D eigenvalue weighted by Gasteiger charge is -2.03. The van der Waals surface area contributed by atoms with Gasteiger partial charge in [0.1, 0.15) is 0 Å². The van der Waals surface area contributed by atoms with E-state index in [9.17, 15) is 9.59 Å². The van der Waals surface area contributed by atoms with Gasteiger partial charge in [0.2, 0.25) is 6.04 Å². The summed E-state index contributed by atoms with van der Waals surface area (Å²) in [7, 11) is 1.20. The molecule has 0 N–H and O–H groups in total. The maximum Gasteiger partial charge on any atom is 0.340 e. The van der Waals surface area contributed by atoms with Crippen LogP contribution in [0.1, 0.15) is 6.92 Å². The Morgan fingerprint density at radius 2 is 1.88 bits per heavy atom. The quantitative estimate of drug-likeness (QED) is 0.442. The van der Waals surface area contributed by atoms with E-state index in [1.54, 1.807) is 24.3 Å². The van der Waals surface area contributed by atoms with Crippen molar-refractivity contribution in [2.75, 3.05) is 7.11 Å². The van der Waals surface area contributed by atoms with Gasteiger partial charge >= 0.3 is 5.97 Å². The molecule has 5 heteroatoms. The number of Topliss-reactive ketones (excluding diaryl/α,β-unsaturated/α-hetero) is 1. The maximum atomic E-state index is 11.2. The van der Waals surface area contributed by atoms with Gasteiger partial charge in [-0.2, -0.15) is 10.2 Å². The molecule has 1 atom stereocenters. The fourth-order valence-corrected chi connectivity index (χ4v) is 1.03. The molecule has 0 aliphatic rings. The summed E-state index contributed by atoms with van der Waals surface area (Å²) in [5, 5.41) is 7.47. The molecule has 0 bridgehead atoms.